The molecule has 3 aromatic rings. The maximum Gasteiger partial charge on any atom is 0.261 e. The van der Waals surface area contributed by atoms with E-state index < -0.39 is 15.9 Å². The van der Waals surface area contributed by atoms with Crippen LogP contribution in [0.1, 0.15) is 10.4 Å². The molecule has 0 aliphatic rings. The minimum atomic E-state index is -3.83. The molecule has 8 heteroatoms. The molecule has 0 saturated carbocycles. The van der Waals surface area contributed by atoms with E-state index in [4.69, 9.17) is 23.2 Å². The Morgan fingerprint density at radius 3 is 2.30 bits per heavy atom. The Morgan fingerprint density at radius 2 is 1.56 bits per heavy atom. The van der Waals surface area contributed by atoms with Crippen LogP contribution in [0.25, 0.3) is 0 Å². The molecule has 3 rings (SSSR count). The van der Waals surface area contributed by atoms with E-state index in [1.54, 1.807) is 48.5 Å². The number of carbonyl (C=O) groups excluding carboxylic acids is 1. The fourth-order valence-electron chi connectivity index (χ4n) is 2.32. The number of para-hydroxylation sites is 1. The van der Waals surface area contributed by atoms with Crippen molar-refractivity contribution >= 4 is 50.5 Å². The van der Waals surface area contributed by atoms with Gasteiger partial charge in [0.05, 0.1) is 20.6 Å². The van der Waals surface area contributed by atoms with Crippen LogP contribution < -0.4 is 10.0 Å². The molecule has 0 aliphatic carbocycles. The van der Waals surface area contributed by atoms with Crippen molar-refractivity contribution in [3.05, 3.63) is 88.4 Å². The standard InChI is InChI=1S/C19H14Cl2N2O3S/c20-16-10-5-11-17(18(16)21)22-19(24)13-6-4-9-15(12-13)27(25,26)23-14-7-2-1-3-8-14/h1-12,23H,(H,22,24). The van der Waals surface area contributed by atoms with Gasteiger partial charge < -0.3 is 5.32 Å². The molecule has 0 atom stereocenters. The minimum Gasteiger partial charge on any atom is -0.321 e. The molecule has 0 fully saturated rings. The van der Waals surface area contributed by atoms with Crippen LogP contribution in [-0.4, -0.2) is 14.3 Å². The maximum atomic E-state index is 12.6. The summed E-state index contributed by atoms with van der Waals surface area (Å²) >= 11 is 12.0. The third-order valence-corrected chi connectivity index (χ3v) is 5.83. The van der Waals surface area contributed by atoms with Crippen LogP contribution in [-0.2, 0) is 10.0 Å². The SMILES string of the molecule is O=C(Nc1cccc(Cl)c1Cl)c1cccc(S(=O)(=O)Nc2ccccc2)c1. The average Bonchev–Trinajstić information content (AvgIpc) is 2.66. The predicted molar refractivity (Wildman–Crippen MR) is 108 cm³/mol. The topological polar surface area (TPSA) is 75.3 Å². The second-order valence-electron chi connectivity index (χ2n) is 5.55. The lowest BCUT2D eigenvalue weighted by molar-refractivity contribution is 0.102. The van der Waals surface area contributed by atoms with Gasteiger partial charge in [-0.15, -0.1) is 0 Å². The van der Waals surface area contributed by atoms with E-state index in [2.05, 4.69) is 10.0 Å². The van der Waals surface area contributed by atoms with E-state index >= 15 is 0 Å². The number of hydrogen-bond donors (Lipinski definition) is 2. The number of nitrogens with one attached hydrogen (secondary N) is 2. The number of halogens is 2. The van der Waals surface area contributed by atoms with E-state index in [1.807, 2.05) is 0 Å². The van der Waals surface area contributed by atoms with Crippen LogP contribution in [0.3, 0.4) is 0 Å². The van der Waals surface area contributed by atoms with Gasteiger partial charge in [0, 0.05) is 11.3 Å². The van der Waals surface area contributed by atoms with Crippen LogP contribution in [0.5, 0.6) is 0 Å². The smallest absolute Gasteiger partial charge is 0.261 e. The molecule has 0 aliphatic heterocycles. The number of anilines is 2. The number of hydrogen-bond acceptors (Lipinski definition) is 3. The van der Waals surface area contributed by atoms with Crippen molar-refractivity contribution in [3.63, 3.8) is 0 Å². The van der Waals surface area contributed by atoms with E-state index in [0.29, 0.717) is 16.4 Å². The van der Waals surface area contributed by atoms with Gasteiger partial charge in [-0.1, -0.05) is 53.5 Å². The summed E-state index contributed by atoms with van der Waals surface area (Å²) < 4.78 is 27.6. The van der Waals surface area contributed by atoms with Crippen molar-refractivity contribution in [2.45, 2.75) is 4.90 Å². The first kappa shape index (κ1) is 19.2. The molecule has 0 saturated heterocycles. The monoisotopic (exact) mass is 420 g/mol. The zero-order valence-corrected chi connectivity index (χ0v) is 16.1. The van der Waals surface area contributed by atoms with Crippen LogP contribution >= 0.6 is 23.2 Å². The van der Waals surface area contributed by atoms with Gasteiger partial charge in [0.15, 0.2) is 0 Å². The molecule has 1 amide bonds. The predicted octanol–water partition coefficient (Wildman–Crippen LogP) is 5.05. The highest BCUT2D eigenvalue weighted by Gasteiger charge is 2.17. The quantitative estimate of drug-likeness (QED) is 0.606. The summed E-state index contributed by atoms with van der Waals surface area (Å²) in [6, 6.07) is 19.0. The van der Waals surface area contributed by atoms with Gasteiger partial charge in [0.25, 0.3) is 15.9 Å². The van der Waals surface area contributed by atoms with Gasteiger partial charge in [0.1, 0.15) is 0 Å². The van der Waals surface area contributed by atoms with Gasteiger partial charge in [-0.2, -0.15) is 0 Å². The highest BCUT2D eigenvalue weighted by molar-refractivity contribution is 7.92. The van der Waals surface area contributed by atoms with Crippen molar-refractivity contribution in [3.8, 4) is 0 Å². The fourth-order valence-corrected chi connectivity index (χ4v) is 3.77. The van der Waals surface area contributed by atoms with Crippen LogP contribution in [0, 0.1) is 0 Å². The first-order valence-electron chi connectivity index (χ1n) is 7.80. The summed E-state index contributed by atoms with van der Waals surface area (Å²) in [5, 5.41) is 3.14. The molecule has 0 aromatic heterocycles. The molecule has 0 spiro atoms. The number of benzene rings is 3. The Morgan fingerprint density at radius 1 is 0.852 bits per heavy atom. The lowest BCUT2D eigenvalue weighted by Gasteiger charge is -2.11. The lowest BCUT2D eigenvalue weighted by atomic mass is 10.2. The van der Waals surface area contributed by atoms with Gasteiger partial charge in [0.2, 0.25) is 0 Å². The highest BCUT2D eigenvalue weighted by atomic mass is 35.5. The lowest BCUT2D eigenvalue weighted by Crippen LogP contribution is -2.16. The zero-order valence-electron chi connectivity index (χ0n) is 13.8. The van der Waals surface area contributed by atoms with Gasteiger partial charge in [-0.25, -0.2) is 8.42 Å². The average molecular weight is 421 g/mol. The van der Waals surface area contributed by atoms with Gasteiger partial charge in [-0.3, -0.25) is 9.52 Å². The van der Waals surface area contributed by atoms with Crippen molar-refractivity contribution in [1.29, 1.82) is 0 Å². The van der Waals surface area contributed by atoms with Crippen molar-refractivity contribution in [1.82, 2.24) is 0 Å². The Labute approximate surface area is 167 Å². The molecule has 3 aromatic carbocycles. The van der Waals surface area contributed by atoms with E-state index in [0.717, 1.165) is 0 Å². The molecule has 0 radical (unpaired) electrons. The third kappa shape index (κ3) is 4.60. The molecule has 2 N–H and O–H groups in total. The minimum absolute atomic E-state index is 0.0313. The Bertz CT molecular complexity index is 1090. The van der Waals surface area contributed by atoms with E-state index in [1.165, 1.54) is 24.3 Å². The highest BCUT2D eigenvalue weighted by Crippen LogP contribution is 2.30. The maximum absolute atomic E-state index is 12.6. The molecule has 27 heavy (non-hydrogen) atoms. The van der Waals surface area contributed by atoms with Gasteiger partial charge >= 0.3 is 0 Å². The summed E-state index contributed by atoms with van der Waals surface area (Å²) in [6.45, 7) is 0. The van der Waals surface area contributed by atoms with Crippen molar-refractivity contribution in [2.24, 2.45) is 0 Å². The summed E-state index contributed by atoms with van der Waals surface area (Å²) in [5.41, 5.74) is 0.935. The number of sulfonamides is 1. The molecule has 0 unspecified atom stereocenters. The summed E-state index contributed by atoms with van der Waals surface area (Å²) in [5.74, 6) is -0.504. The number of rotatable bonds is 5. The Kier molecular flexibility index (Phi) is 5.70. The van der Waals surface area contributed by atoms with Crippen LogP contribution in [0.2, 0.25) is 10.0 Å². The fraction of sp³-hybridized carbons (Fsp3) is 0. The second kappa shape index (κ2) is 8.00. The Balaban J connectivity index is 1.84. The largest absolute Gasteiger partial charge is 0.321 e. The van der Waals surface area contributed by atoms with E-state index in [9.17, 15) is 13.2 Å². The van der Waals surface area contributed by atoms with Crippen molar-refractivity contribution < 1.29 is 13.2 Å². The molecule has 0 bridgehead atoms. The van der Waals surface area contributed by atoms with Crippen LogP contribution in [0.4, 0.5) is 11.4 Å². The zero-order chi connectivity index (χ0) is 19.4. The molecule has 0 heterocycles. The number of carbonyl (C=O) groups is 1. The first-order valence-corrected chi connectivity index (χ1v) is 10.0. The molecule has 5 nitrogen and oxygen atoms in total. The summed E-state index contributed by atoms with van der Waals surface area (Å²) in [4.78, 5) is 12.5. The number of amides is 1. The second-order valence-corrected chi connectivity index (χ2v) is 8.02. The third-order valence-electron chi connectivity index (χ3n) is 3.63. The van der Waals surface area contributed by atoms with E-state index in [-0.39, 0.29) is 15.5 Å². The van der Waals surface area contributed by atoms with Crippen molar-refractivity contribution in [2.75, 3.05) is 10.0 Å². The first-order chi connectivity index (χ1) is 12.9. The molecular formula is C19H14Cl2N2O3S. The molecular weight excluding hydrogens is 407 g/mol. The summed E-state index contributed by atoms with van der Waals surface area (Å²) in [6.07, 6.45) is 0. The Hall–Kier alpha value is -2.54. The molecule has 138 valence electrons. The van der Waals surface area contributed by atoms with Crippen LogP contribution in [0.15, 0.2) is 77.7 Å². The van der Waals surface area contributed by atoms with Gasteiger partial charge in [-0.05, 0) is 42.5 Å². The normalized spacial score (nSPS) is 11.0. The summed E-state index contributed by atoms with van der Waals surface area (Å²) in [7, 11) is -3.83.